The summed E-state index contributed by atoms with van der Waals surface area (Å²) in [4.78, 5) is 14.2. The SMILES string of the molecule is CC(=O)NC1(c2ccc(F)cc2)CCN(Cc2cnn(-c3ccccc3)c2)CC1. The van der Waals surface area contributed by atoms with Crippen molar-refractivity contribution in [1.29, 1.82) is 0 Å². The zero-order chi connectivity index (χ0) is 20.3. The molecular formula is C23H25FN4O. The number of para-hydroxylation sites is 1. The Morgan fingerprint density at radius 1 is 1.10 bits per heavy atom. The fraction of sp³-hybridized carbons (Fsp3) is 0.304. The largest absolute Gasteiger partial charge is 0.347 e. The fourth-order valence-corrected chi connectivity index (χ4v) is 4.11. The Hall–Kier alpha value is -2.99. The van der Waals surface area contributed by atoms with Gasteiger partial charge in [0.1, 0.15) is 5.82 Å². The Morgan fingerprint density at radius 3 is 2.45 bits per heavy atom. The van der Waals surface area contributed by atoms with Gasteiger partial charge in [-0.1, -0.05) is 30.3 Å². The van der Waals surface area contributed by atoms with Crippen molar-refractivity contribution in [1.82, 2.24) is 20.0 Å². The molecule has 1 amide bonds. The van der Waals surface area contributed by atoms with Gasteiger partial charge in [0.15, 0.2) is 0 Å². The van der Waals surface area contributed by atoms with Crippen molar-refractivity contribution in [3.63, 3.8) is 0 Å². The minimum Gasteiger partial charge on any atom is -0.347 e. The molecule has 2 aromatic carbocycles. The van der Waals surface area contributed by atoms with Crippen LogP contribution in [0.15, 0.2) is 67.0 Å². The van der Waals surface area contributed by atoms with Gasteiger partial charge in [-0.25, -0.2) is 9.07 Å². The molecule has 0 radical (unpaired) electrons. The summed E-state index contributed by atoms with van der Waals surface area (Å²) in [7, 11) is 0. The molecule has 4 rings (SSSR count). The maximum atomic E-state index is 13.4. The maximum Gasteiger partial charge on any atom is 0.217 e. The average molecular weight is 392 g/mol. The highest BCUT2D eigenvalue weighted by Gasteiger charge is 2.37. The quantitative estimate of drug-likeness (QED) is 0.721. The molecule has 2 heterocycles. The van der Waals surface area contributed by atoms with Gasteiger partial charge in [-0.05, 0) is 42.7 Å². The summed E-state index contributed by atoms with van der Waals surface area (Å²) in [6.45, 7) is 4.03. The number of likely N-dealkylation sites (tertiary alicyclic amines) is 1. The molecule has 1 fully saturated rings. The number of nitrogens with zero attached hydrogens (tertiary/aromatic N) is 3. The van der Waals surface area contributed by atoms with Gasteiger partial charge < -0.3 is 5.32 Å². The molecule has 5 nitrogen and oxygen atoms in total. The van der Waals surface area contributed by atoms with Crippen LogP contribution in [0.4, 0.5) is 4.39 Å². The first-order valence-electron chi connectivity index (χ1n) is 9.90. The van der Waals surface area contributed by atoms with Crippen molar-refractivity contribution >= 4 is 5.91 Å². The lowest BCUT2D eigenvalue weighted by atomic mass is 9.80. The highest BCUT2D eigenvalue weighted by Crippen LogP contribution is 2.33. The van der Waals surface area contributed by atoms with E-state index in [-0.39, 0.29) is 11.7 Å². The second-order valence-electron chi connectivity index (χ2n) is 7.68. The molecule has 0 aliphatic carbocycles. The number of aromatic nitrogens is 2. The average Bonchev–Trinajstić information content (AvgIpc) is 3.19. The molecular weight excluding hydrogens is 367 g/mol. The summed E-state index contributed by atoms with van der Waals surface area (Å²) in [6.07, 6.45) is 5.53. The van der Waals surface area contributed by atoms with Crippen LogP contribution in [0.2, 0.25) is 0 Å². The minimum atomic E-state index is -0.440. The standard InChI is InChI=1S/C23H25FN4O/c1-18(29)26-23(20-7-9-21(24)10-8-20)11-13-27(14-12-23)16-19-15-25-28(17-19)22-5-3-2-4-6-22/h2-10,15,17H,11-14,16H2,1H3,(H,26,29). The number of hydrogen-bond acceptors (Lipinski definition) is 3. The van der Waals surface area contributed by atoms with E-state index in [1.54, 1.807) is 12.1 Å². The molecule has 0 saturated carbocycles. The van der Waals surface area contributed by atoms with Crippen LogP contribution in [-0.2, 0) is 16.9 Å². The minimum absolute atomic E-state index is 0.0630. The first-order chi connectivity index (χ1) is 14.0. The lowest BCUT2D eigenvalue weighted by Crippen LogP contribution is -2.52. The molecule has 3 aromatic rings. The van der Waals surface area contributed by atoms with E-state index in [0.717, 1.165) is 49.3 Å². The molecule has 150 valence electrons. The number of benzene rings is 2. The zero-order valence-corrected chi connectivity index (χ0v) is 16.5. The molecule has 6 heteroatoms. The maximum absolute atomic E-state index is 13.4. The number of rotatable bonds is 5. The van der Waals surface area contributed by atoms with E-state index in [9.17, 15) is 9.18 Å². The predicted octanol–water partition coefficient (Wildman–Crippen LogP) is 3.64. The highest BCUT2D eigenvalue weighted by molar-refractivity contribution is 5.74. The number of amides is 1. The van der Waals surface area contributed by atoms with Crippen LogP contribution in [0.25, 0.3) is 5.69 Å². The number of halogens is 1. The Balaban J connectivity index is 1.44. The summed E-state index contributed by atoms with van der Waals surface area (Å²) in [5.41, 5.74) is 2.72. The number of piperidine rings is 1. The summed E-state index contributed by atoms with van der Waals surface area (Å²) in [5, 5.41) is 7.61. The van der Waals surface area contributed by atoms with Crippen LogP contribution in [0.5, 0.6) is 0 Å². The second-order valence-corrected chi connectivity index (χ2v) is 7.68. The number of carbonyl (C=O) groups is 1. The third kappa shape index (κ3) is 4.38. The zero-order valence-electron chi connectivity index (χ0n) is 16.5. The van der Waals surface area contributed by atoms with E-state index in [2.05, 4.69) is 21.5 Å². The van der Waals surface area contributed by atoms with Crippen molar-refractivity contribution in [2.24, 2.45) is 0 Å². The molecule has 0 spiro atoms. The first-order valence-corrected chi connectivity index (χ1v) is 9.90. The van der Waals surface area contributed by atoms with Gasteiger partial charge in [0.25, 0.3) is 0 Å². The third-order valence-corrected chi connectivity index (χ3v) is 5.58. The third-order valence-electron chi connectivity index (χ3n) is 5.58. The van der Waals surface area contributed by atoms with E-state index >= 15 is 0 Å². The first kappa shape index (κ1) is 19.3. The Bertz CT molecular complexity index is 960. The molecule has 0 atom stereocenters. The number of hydrogen-bond donors (Lipinski definition) is 1. The van der Waals surface area contributed by atoms with Gasteiger partial charge in [0.05, 0.1) is 17.4 Å². The van der Waals surface area contributed by atoms with Gasteiger partial charge in [0, 0.05) is 38.3 Å². The van der Waals surface area contributed by atoms with Gasteiger partial charge in [-0.2, -0.15) is 5.10 Å². The van der Waals surface area contributed by atoms with Crippen molar-refractivity contribution in [3.05, 3.63) is 83.9 Å². The molecule has 0 unspecified atom stereocenters. The van der Waals surface area contributed by atoms with E-state index in [0.29, 0.717) is 0 Å². The summed E-state index contributed by atoms with van der Waals surface area (Å²) < 4.78 is 15.3. The van der Waals surface area contributed by atoms with Crippen molar-refractivity contribution in [2.45, 2.75) is 31.8 Å². The molecule has 1 aliphatic heterocycles. The lowest BCUT2D eigenvalue weighted by Gasteiger charge is -2.42. The Labute approximate surface area is 170 Å². The van der Waals surface area contributed by atoms with Gasteiger partial charge in [-0.3, -0.25) is 9.69 Å². The van der Waals surface area contributed by atoms with E-state index in [4.69, 9.17) is 0 Å². The smallest absolute Gasteiger partial charge is 0.217 e. The number of nitrogens with one attached hydrogen (secondary N) is 1. The van der Waals surface area contributed by atoms with E-state index < -0.39 is 5.54 Å². The topological polar surface area (TPSA) is 50.2 Å². The van der Waals surface area contributed by atoms with Crippen LogP contribution in [0.3, 0.4) is 0 Å². The van der Waals surface area contributed by atoms with Crippen LogP contribution < -0.4 is 5.32 Å². The lowest BCUT2D eigenvalue weighted by molar-refractivity contribution is -0.121. The molecule has 1 aliphatic rings. The Kier molecular flexibility index (Phi) is 5.45. The van der Waals surface area contributed by atoms with Crippen LogP contribution >= 0.6 is 0 Å². The predicted molar refractivity (Wildman–Crippen MR) is 110 cm³/mol. The second kappa shape index (κ2) is 8.17. The van der Waals surface area contributed by atoms with Crippen LogP contribution in [0, 0.1) is 5.82 Å². The van der Waals surface area contributed by atoms with Gasteiger partial charge in [-0.15, -0.1) is 0 Å². The normalized spacial score (nSPS) is 16.5. The van der Waals surface area contributed by atoms with Crippen LogP contribution in [0.1, 0.15) is 30.9 Å². The van der Waals surface area contributed by atoms with E-state index in [1.807, 2.05) is 41.2 Å². The Morgan fingerprint density at radius 2 is 1.79 bits per heavy atom. The van der Waals surface area contributed by atoms with Crippen molar-refractivity contribution in [2.75, 3.05) is 13.1 Å². The monoisotopic (exact) mass is 392 g/mol. The molecule has 29 heavy (non-hydrogen) atoms. The molecule has 0 bridgehead atoms. The highest BCUT2D eigenvalue weighted by atomic mass is 19.1. The van der Waals surface area contributed by atoms with Gasteiger partial charge >= 0.3 is 0 Å². The summed E-state index contributed by atoms with van der Waals surface area (Å²) in [5.74, 6) is -0.327. The number of carbonyl (C=O) groups excluding carboxylic acids is 1. The van der Waals surface area contributed by atoms with E-state index in [1.165, 1.54) is 19.1 Å². The van der Waals surface area contributed by atoms with Crippen LogP contribution in [-0.4, -0.2) is 33.7 Å². The van der Waals surface area contributed by atoms with Crippen molar-refractivity contribution < 1.29 is 9.18 Å². The molecule has 1 N–H and O–H groups in total. The van der Waals surface area contributed by atoms with Gasteiger partial charge in [0.2, 0.25) is 5.91 Å². The summed E-state index contributed by atoms with van der Waals surface area (Å²) >= 11 is 0. The molecule has 1 aromatic heterocycles. The van der Waals surface area contributed by atoms with Crippen molar-refractivity contribution in [3.8, 4) is 5.69 Å². The molecule has 1 saturated heterocycles. The summed E-state index contributed by atoms with van der Waals surface area (Å²) in [6, 6.07) is 16.5. The fourth-order valence-electron chi connectivity index (χ4n) is 4.11.